The van der Waals surface area contributed by atoms with Gasteiger partial charge in [0.05, 0.1) is 6.20 Å². The van der Waals surface area contributed by atoms with Crippen molar-refractivity contribution < 1.29 is 0 Å². The van der Waals surface area contributed by atoms with E-state index in [-0.39, 0.29) is 0 Å². The summed E-state index contributed by atoms with van der Waals surface area (Å²) in [5.41, 5.74) is 2.08. The van der Waals surface area contributed by atoms with Crippen LogP contribution in [0.25, 0.3) is 17.1 Å². The lowest BCUT2D eigenvalue weighted by Gasteiger charge is -1.94. The van der Waals surface area contributed by atoms with Crippen LogP contribution in [-0.2, 0) is 0 Å². The minimum atomic E-state index is 0.598. The third kappa shape index (κ3) is 1.46. The van der Waals surface area contributed by atoms with Crippen molar-refractivity contribution in [1.29, 1.82) is 0 Å². The Balaban J connectivity index is 2.00. The van der Waals surface area contributed by atoms with Crippen LogP contribution >= 0.6 is 0 Å². The fourth-order valence-electron chi connectivity index (χ4n) is 1.44. The van der Waals surface area contributed by atoms with Gasteiger partial charge in [0, 0.05) is 24.2 Å². The Labute approximate surface area is 91.0 Å². The van der Waals surface area contributed by atoms with Crippen molar-refractivity contribution >= 4 is 0 Å². The number of hydrogen-bond donors (Lipinski definition) is 1. The summed E-state index contributed by atoms with van der Waals surface area (Å²) >= 11 is 0. The zero-order valence-electron chi connectivity index (χ0n) is 8.28. The molecule has 3 rings (SSSR count). The van der Waals surface area contributed by atoms with E-state index in [2.05, 4.69) is 25.3 Å². The molecule has 78 valence electrons. The number of aromatic amines is 1. The number of aromatic nitrogens is 6. The molecule has 0 unspecified atom stereocenters. The van der Waals surface area contributed by atoms with Gasteiger partial charge in [-0.3, -0.25) is 4.98 Å². The lowest BCUT2D eigenvalue weighted by molar-refractivity contribution is 0.813. The van der Waals surface area contributed by atoms with E-state index in [1.807, 2.05) is 18.3 Å². The molecule has 3 aromatic heterocycles. The second kappa shape index (κ2) is 3.58. The summed E-state index contributed by atoms with van der Waals surface area (Å²) in [7, 11) is 0. The molecule has 0 spiro atoms. The Bertz CT molecular complexity index is 568. The first kappa shape index (κ1) is 8.78. The maximum atomic E-state index is 4.20. The summed E-state index contributed by atoms with van der Waals surface area (Å²) in [5, 5.41) is 10.7. The van der Waals surface area contributed by atoms with Crippen molar-refractivity contribution in [2.24, 2.45) is 0 Å². The SMILES string of the molecule is c1cc(-c2cnn(-c3ncn[nH]3)c2)ccn1. The summed E-state index contributed by atoms with van der Waals surface area (Å²) in [5.74, 6) is 0.598. The Morgan fingerprint density at radius 2 is 2.00 bits per heavy atom. The lowest BCUT2D eigenvalue weighted by Crippen LogP contribution is -1.96. The van der Waals surface area contributed by atoms with Crippen LogP contribution in [0, 0.1) is 0 Å². The zero-order chi connectivity index (χ0) is 10.8. The molecule has 1 N–H and O–H groups in total. The van der Waals surface area contributed by atoms with Gasteiger partial charge in [0.25, 0.3) is 0 Å². The number of hydrogen-bond acceptors (Lipinski definition) is 4. The van der Waals surface area contributed by atoms with Crippen molar-refractivity contribution in [3.8, 4) is 17.1 Å². The van der Waals surface area contributed by atoms with Gasteiger partial charge in [-0.25, -0.2) is 9.78 Å². The van der Waals surface area contributed by atoms with E-state index in [4.69, 9.17) is 0 Å². The first-order valence-electron chi connectivity index (χ1n) is 4.74. The molecule has 3 aromatic rings. The van der Waals surface area contributed by atoms with E-state index in [0.29, 0.717) is 5.95 Å². The molecular formula is C10H8N6. The van der Waals surface area contributed by atoms with Crippen molar-refractivity contribution in [1.82, 2.24) is 29.9 Å². The molecule has 3 heterocycles. The van der Waals surface area contributed by atoms with Gasteiger partial charge < -0.3 is 0 Å². The topological polar surface area (TPSA) is 72.3 Å². The normalized spacial score (nSPS) is 10.5. The van der Waals surface area contributed by atoms with Crippen molar-refractivity contribution in [2.45, 2.75) is 0 Å². The van der Waals surface area contributed by atoms with E-state index >= 15 is 0 Å². The molecule has 0 aliphatic heterocycles. The predicted octanol–water partition coefficient (Wildman–Crippen LogP) is 1.05. The van der Waals surface area contributed by atoms with E-state index in [1.54, 1.807) is 23.3 Å². The van der Waals surface area contributed by atoms with Gasteiger partial charge in [-0.15, -0.1) is 0 Å². The van der Waals surface area contributed by atoms with Crippen LogP contribution in [0.2, 0.25) is 0 Å². The molecule has 0 bridgehead atoms. The number of nitrogens with one attached hydrogen (secondary N) is 1. The monoisotopic (exact) mass is 212 g/mol. The molecule has 6 nitrogen and oxygen atoms in total. The highest BCUT2D eigenvalue weighted by molar-refractivity contribution is 5.61. The Kier molecular flexibility index (Phi) is 1.96. The Hall–Kier alpha value is -2.50. The fourth-order valence-corrected chi connectivity index (χ4v) is 1.44. The van der Waals surface area contributed by atoms with Crippen LogP contribution in [0.4, 0.5) is 0 Å². The van der Waals surface area contributed by atoms with Crippen molar-refractivity contribution in [3.05, 3.63) is 43.2 Å². The zero-order valence-corrected chi connectivity index (χ0v) is 8.28. The van der Waals surface area contributed by atoms with Crippen LogP contribution in [0.15, 0.2) is 43.2 Å². The molecule has 0 fully saturated rings. The summed E-state index contributed by atoms with van der Waals surface area (Å²) in [6, 6.07) is 3.86. The fraction of sp³-hybridized carbons (Fsp3) is 0. The molecule has 0 aromatic carbocycles. The maximum Gasteiger partial charge on any atom is 0.246 e. The highest BCUT2D eigenvalue weighted by atomic mass is 15.4. The van der Waals surface area contributed by atoms with E-state index in [1.165, 1.54) is 6.33 Å². The third-order valence-corrected chi connectivity index (χ3v) is 2.22. The van der Waals surface area contributed by atoms with Gasteiger partial charge in [-0.1, -0.05) is 0 Å². The Morgan fingerprint density at radius 3 is 2.75 bits per heavy atom. The second-order valence-corrected chi connectivity index (χ2v) is 3.22. The average molecular weight is 212 g/mol. The van der Waals surface area contributed by atoms with Gasteiger partial charge in [-0.2, -0.15) is 15.2 Å². The number of H-pyrrole nitrogens is 1. The quantitative estimate of drug-likeness (QED) is 0.689. The summed E-state index contributed by atoms with van der Waals surface area (Å²) in [6.07, 6.45) is 8.61. The maximum absolute atomic E-state index is 4.20. The highest BCUT2D eigenvalue weighted by Crippen LogP contribution is 2.17. The van der Waals surface area contributed by atoms with Crippen LogP contribution in [0.5, 0.6) is 0 Å². The summed E-state index contributed by atoms with van der Waals surface area (Å²) in [6.45, 7) is 0. The number of pyridine rings is 1. The molecule has 0 aliphatic carbocycles. The van der Waals surface area contributed by atoms with E-state index < -0.39 is 0 Å². The third-order valence-electron chi connectivity index (χ3n) is 2.22. The van der Waals surface area contributed by atoms with Crippen molar-refractivity contribution in [2.75, 3.05) is 0 Å². The standard InChI is InChI=1S/C10H8N6/c1-3-11-4-2-8(1)9-5-14-16(6-9)10-12-7-13-15-10/h1-7H,(H,12,13,15). The van der Waals surface area contributed by atoms with Crippen LogP contribution < -0.4 is 0 Å². The number of nitrogens with zero attached hydrogens (tertiary/aromatic N) is 5. The highest BCUT2D eigenvalue weighted by Gasteiger charge is 2.04. The van der Waals surface area contributed by atoms with Gasteiger partial charge in [0.2, 0.25) is 5.95 Å². The van der Waals surface area contributed by atoms with Crippen LogP contribution in [-0.4, -0.2) is 29.9 Å². The summed E-state index contributed by atoms with van der Waals surface area (Å²) in [4.78, 5) is 7.99. The summed E-state index contributed by atoms with van der Waals surface area (Å²) < 4.78 is 1.64. The van der Waals surface area contributed by atoms with Gasteiger partial charge in [0.15, 0.2) is 0 Å². The van der Waals surface area contributed by atoms with Crippen molar-refractivity contribution in [3.63, 3.8) is 0 Å². The number of rotatable bonds is 2. The van der Waals surface area contributed by atoms with E-state index in [0.717, 1.165) is 11.1 Å². The molecule has 0 saturated carbocycles. The molecule has 6 heteroatoms. The Morgan fingerprint density at radius 1 is 1.12 bits per heavy atom. The van der Waals surface area contributed by atoms with Gasteiger partial charge in [-0.05, 0) is 17.7 Å². The first-order chi connectivity index (χ1) is 7.93. The molecular weight excluding hydrogens is 204 g/mol. The molecule has 0 radical (unpaired) electrons. The minimum absolute atomic E-state index is 0.598. The lowest BCUT2D eigenvalue weighted by atomic mass is 10.1. The average Bonchev–Trinajstić information content (AvgIpc) is 3.01. The van der Waals surface area contributed by atoms with Crippen LogP contribution in [0.3, 0.4) is 0 Å². The molecule has 0 saturated heterocycles. The predicted molar refractivity (Wildman–Crippen MR) is 56.7 cm³/mol. The first-order valence-corrected chi connectivity index (χ1v) is 4.74. The molecule has 0 atom stereocenters. The van der Waals surface area contributed by atoms with E-state index in [9.17, 15) is 0 Å². The second-order valence-electron chi connectivity index (χ2n) is 3.22. The minimum Gasteiger partial charge on any atom is -0.265 e. The molecule has 0 aliphatic rings. The van der Waals surface area contributed by atoms with Crippen LogP contribution in [0.1, 0.15) is 0 Å². The van der Waals surface area contributed by atoms with Gasteiger partial charge in [0.1, 0.15) is 6.33 Å². The molecule has 16 heavy (non-hydrogen) atoms. The molecule has 0 amide bonds. The smallest absolute Gasteiger partial charge is 0.246 e. The largest absolute Gasteiger partial charge is 0.265 e. The van der Waals surface area contributed by atoms with Gasteiger partial charge >= 0.3 is 0 Å².